The Balaban J connectivity index is 2.21. The number of Topliss-reactive ketones (excluding diaryl/α,β-unsaturated/α-hetero) is 1. The second-order valence-corrected chi connectivity index (χ2v) is 4.86. The van der Waals surface area contributed by atoms with Gasteiger partial charge in [-0.15, -0.1) is 0 Å². The van der Waals surface area contributed by atoms with Crippen LogP contribution in [0.3, 0.4) is 0 Å². The third-order valence-electron chi connectivity index (χ3n) is 3.26. The Labute approximate surface area is 121 Å². The second kappa shape index (κ2) is 5.75. The van der Waals surface area contributed by atoms with Crippen LogP contribution in [0.15, 0.2) is 34.3 Å². The number of rotatable bonds is 3. The Morgan fingerprint density at radius 2 is 2.10 bits per heavy atom. The summed E-state index contributed by atoms with van der Waals surface area (Å²) in [7, 11) is 0. The van der Waals surface area contributed by atoms with Crippen LogP contribution in [0.4, 0.5) is 0 Å². The van der Waals surface area contributed by atoms with Gasteiger partial charge in [-0.2, -0.15) is 0 Å². The van der Waals surface area contributed by atoms with Crippen LogP contribution in [0, 0.1) is 0 Å². The molecular formula is C15H14N2O4. The average molecular weight is 286 g/mol. The quantitative estimate of drug-likeness (QED) is 0.567. The maximum absolute atomic E-state index is 12.3. The van der Waals surface area contributed by atoms with Crippen LogP contribution < -0.4 is 10.6 Å². The highest BCUT2D eigenvalue weighted by atomic mass is 16.2. The van der Waals surface area contributed by atoms with Gasteiger partial charge < -0.3 is 5.32 Å². The van der Waals surface area contributed by atoms with E-state index in [2.05, 4.69) is 22.1 Å². The van der Waals surface area contributed by atoms with E-state index in [9.17, 15) is 19.2 Å². The molecule has 2 aliphatic rings. The van der Waals surface area contributed by atoms with Crippen LogP contribution in [-0.2, 0) is 19.2 Å². The van der Waals surface area contributed by atoms with E-state index in [1.807, 2.05) is 0 Å². The topological polar surface area (TPSA) is 92.3 Å². The lowest BCUT2D eigenvalue weighted by Crippen LogP contribution is -2.52. The van der Waals surface area contributed by atoms with Crippen molar-refractivity contribution in [2.75, 3.05) is 0 Å². The van der Waals surface area contributed by atoms with E-state index in [0.29, 0.717) is 5.57 Å². The minimum atomic E-state index is -0.778. The number of carbonyl (C=O) groups is 4. The largest absolute Gasteiger partial charge is 0.340 e. The van der Waals surface area contributed by atoms with Crippen molar-refractivity contribution in [3.05, 3.63) is 34.3 Å². The molecule has 0 aromatic rings. The first kappa shape index (κ1) is 14.7. The van der Waals surface area contributed by atoms with Gasteiger partial charge in [-0.1, -0.05) is 11.5 Å². The molecule has 3 amide bonds. The van der Waals surface area contributed by atoms with Crippen molar-refractivity contribution in [2.24, 2.45) is 0 Å². The fourth-order valence-corrected chi connectivity index (χ4v) is 2.25. The predicted octanol–water partition coefficient (Wildman–Crippen LogP) is 0.0635. The lowest BCUT2D eigenvalue weighted by molar-refractivity contribution is -0.136. The number of carbonyl (C=O) groups excluding carboxylic acids is 4. The van der Waals surface area contributed by atoms with Crippen molar-refractivity contribution in [2.45, 2.75) is 32.7 Å². The van der Waals surface area contributed by atoms with Gasteiger partial charge in [0.05, 0.1) is 5.57 Å². The van der Waals surface area contributed by atoms with Crippen molar-refractivity contribution >= 4 is 23.5 Å². The van der Waals surface area contributed by atoms with E-state index in [1.165, 1.54) is 13.0 Å². The molecule has 6 heteroatoms. The molecule has 1 aliphatic carbocycles. The van der Waals surface area contributed by atoms with Crippen molar-refractivity contribution in [1.82, 2.24) is 10.6 Å². The minimum Gasteiger partial charge on any atom is -0.340 e. The van der Waals surface area contributed by atoms with E-state index in [-0.39, 0.29) is 35.7 Å². The first-order valence-corrected chi connectivity index (χ1v) is 6.48. The molecule has 0 saturated carbocycles. The molecule has 108 valence electrons. The minimum absolute atomic E-state index is 0.156. The lowest BCUT2D eigenvalue weighted by atomic mass is 9.95. The van der Waals surface area contributed by atoms with Crippen LogP contribution in [0.25, 0.3) is 0 Å². The summed E-state index contributed by atoms with van der Waals surface area (Å²) in [5, 5.41) is 4.70. The highest BCUT2D eigenvalue weighted by molar-refractivity contribution is 6.11. The number of hydrogen-bond acceptors (Lipinski definition) is 4. The molecule has 1 atom stereocenters. The Morgan fingerprint density at radius 1 is 1.38 bits per heavy atom. The van der Waals surface area contributed by atoms with E-state index < -0.39 is 17.9 Å². The molecule has 21 heavy (non-hydrogen) atoms. The SMILES string of the molecule is CC(=O)C1=C(C(=O)NC2CCC(=O)NC2=O)C=C=C=C1C. The third-order valence-corrected chi connectivity index (χ3v) is 3.26. The second-order valence-electron chi connectivity index (χ2n) is 4.86. The predicted molar refractivity (Wildman–Crippen MR) is 72.8 cm³/mol. The van der Waals surface area contributed by atoms with Gasteiger partial charge in [0.25, 0.3) is 5.91 Å². The normalized spacial score (nSPS) is 21.0. The molecule has 6 nitrogen and oxygen atoms in total. The number of piperidine rings is 1. The van der Waals surface area contributed by atoms with Crippen LogP contribution in [0.2, 0.25) is 0 Å². The molecule has 2 rings (SSSR count). The average Bonchev–Trinajstić information content (AvgIpc) is 2.41. The lowest BCUT2D eigenvalue weighted by Gasteiger charge is -2.22. The molecule has 1 aliphatic heterocycles. The number of amides is 3. The maximum atomic E-state index is 12.3. The standard InChI is InChI=1S/C15H14N2O4/c1-8-4-3-5-10(13(8)9(2)18)14(20)16-11-6-7-12(19)17-15(11)21/h5,11H,6-7H2,1-2H3,(H,16,20)(H,17,19,21). The molecule has 0 bridgehead atoms. The molecule has 0 aromatic carbocycles. The number of ketones is 1. The van der Waals surface area contributed by atoms with E-state index in [0.717, 1.165) is 0 Å². The zero-order valence-electron chi connectivity index (χ0n) is 11.7. The fourth-order valence-electron chi connectivity index (χ4n) is 2.25. The van der Waals surface area contributed by atoms with Gasteiger partial charge in [-0.05, 0) is 20.3 Å². The monoisotopic (exact) mass is 286 g/mol. The molecule has 1 unspecified atom stereocenters. The molecule has 2 N–H and O–H groups in total. The fraction of sp³-hybridized carbons (Fsp3) is 0.333. The molecule has 0 radical (unpaired) electrons. The first-order chi connectivity index (χ1) is 9.90. The van der Waals surface area contributed by atoms with Crippen molar-refractivity contribution < 1.29 is 19.2 Å². The summed E-state index contributed by atoms with van der Waals surface area (Å²) in [4.78, 5) is 46.6. The summed E-state index contributed by atoms with van der Waals surface area (Å²) in [6.45, 7) is 3.02. The molecule has 1 fully saturated rings. The van der Waals surface area contributed by atoms with E-state index in [1.54, 1.807) is 6.92 Å². The summed E-state index contributed by atoms with van der Waals surface area (Å²) in [6, 6.07) is -0.778. The molecule has 0 aromatic heterocycles. The Hall–Kier alpha value is -2.68. The summed E-state index contributed by atoms with van der Waals surface area (Å²) < 4.78 is 0. The Morgan fingerprint density at radius 3 is 2.71 bits per heavy atom. The van der Waals surface area contributed by atoms with E-state index >= 15 is 0 Å². The zero-order valence-corrected chi connectivity index (χ0v) is 11.7. The van der Waals surface area contributed by atoms with Gasteiger partial charge in [0.2, 0.25) is 11.8 Å². The highest BCUT2D eigenvalue weighted by Crippen LogP contribution is 2.19. The van der Waals surface area contributed by atoms with Gasteiger partial charge >= 0.3 is 0 Å². The van der Waals surface area contributed by atoms with Crippen LogP contribution in [0.1, 0.15) is 26.7 Å². The molecular weight excluding hydrogens is 272 g/mol. The summed E-state index contributed by atoms with van der Waals surface area (Å²) in [6.07, 6.45) is 1.78. The smallest absolute Gasteiger partial charge is 0.253 e. The Kier molecular flexibility index (Phi) is 4.03. The van der Waals surface area contributed by atoms with Gasteiger partial charge in [0.15, 0.2) is 5.78 Å². The maximum Gasteiger partial charge on any atom is 0.253 e. The molecule has 1 saturated heterocycles. The van der Waals surface area contributed by atoms with Crippen molar-refractivity contribution in [3.63, 3.8) is 0 Å². The first-order valence-electron chi connectivity index (χ1n) is 6.48. The molecule has 0 spiro atoms. The van der Waals surface area contributed by atoms with Crippen molar-refractivity contribution in [3.8, 4) is 0 Å². The van der Waals surface area contributed by atoms with Gasteiger partial charge in [-0.25, -0.2) is 0 Å². The summed E-state index contributed by atoms with van der Waals surface area (Å²) in [5.41, 5.74) is 6.36. The van der Waals surface area contributed by atoms with Crippen LogP contribution in [0.5, 0.6) is 0 Å². The van der Waals surface area contributed by atoms with Gasteiger partial charge in [0.1, 0.15) is 6.04 Å². The highest BCUT2D eigenvalue weighted by Gasteiger charge is 2.29. The van der Waals surface area contributed by atoms with Gasteiger partial charge in [-0.3, -0.25) is 24.5 Å². The number of allylic oxidation sites excluding steroid dienone is 2. The third kappa shape index (κ3) is 3.08. The molecule has 1 heterocycles. The number of imide groups is 1. The number of hydrogen-bond donors (Lipinski definition) is 2. The van der Waals surface area contributed by atoms with Gasteiger partial charge in [0, 0.05) is 23.6 Å². The summed E-state index contributed by atoms with van der Waals surface area (Å²) in [5.74, 6) is -1.69. The van der Waals surface area contributed by atoms with Crippen molar-refractivity contribution in [1.29, 1.82) is 0 Å². The Bertz CT molecular complexity index is 686. The zero-order chi connectivity index (χ0) is 15.6. The van der Waals surface area contributed by atoms with Crippen LogP contribution in [-0.4, -0.2) is 29.5 Å². The number of nitrogens with one attached hydrogen (secondary N) is 2. The van der Waals surface area contributed by atoms with E-state index in [4.69, 9.17) is 0 Å². The van der Waals surface area contributed by atoms with Crippen LogP contribution >= 0.6 is 0 Å². The summed E-state index contributed by atoms with van der Waals surface area (Å²) >= 11 is 0.